The predicted molar refractivity (Wildman–Crippen MR) is 165 cm³/mol. The number of nitrogens with two attached hydrogens (primary N) is 1. The number of nitrogens with one attached hydrogen (secondary N) is 1. The number of hydrogen-bond donors (Lipinski definition) is 2. The fraction of sp³-hybridized carbons (Fsp3) is 0.194. The molecule has 14 heteroatoms. The number of benzene rings is 3. The molecule has 5 aromatic rings. The number of ether oxygens (including phenoxy) is 2. The van der Waals surface area contributed by atoms with Gasteiger partial charge in [-0.15, -0.1) is 0 Å². The summed E-state index contributed by atoms with van der Waals surface area (Å²) in [4.78, 5) is 24.0. The molecule has 11 nitrogen and oxygen atoms in total. The van der Waals surface area contributed by atoms with Gasteiger partial charge in [0.1, 0.15) is 22.2 Å². The molecular weight excluding hydrogens is 606 g/mol. The topological polar surface area (TPSA) is 142 Å². The van der Waals surface area contributed by atoms with Crippen LogP contribution in [0.4, 0.5) is 20.4 Å². The van der Waals surface area contributed by atoms with E-state index in [1.807, 2.05) is 18.2 Å². The van der Waals surface area contributed by atoms with E-state index >= 15 is 0 Å². The van der Waals surface area contributed by atoms with Crippen molar-refractivity contribution in [3.8, 4) is 22.7 Å². The lowest BCUT2D eigenvalue weighted by atomic mass is 10.0. The van der Waals surface area contributed by atoms with Gasteiger partial charge in [-0.1, -0.05) is 18.2 Å². The van der Waals surface area contributed by atoms with Gasteiger partial charge < -0.3 is 15.2 Å². The molecule has 0 atom stereocenters. The summed E-state index contributed by atoms with van der Waals surface area (Å²) in [6.07, 6.45) is 1.44. The van der Waals surface area contributed by atoms with Gasteiger partial charge in [-0.3, -0.25) is 14.4 Å². The molecule has 3 aromatic carbocycles. The zero-order chi connectivity index (χ0) is 31.7. The quantitative estimate of drug-likeness (QED) is 0.260. The van der Waals surface area contributed by atoms with E-state index in [1.165, 1.54) is 23.9 Å². The molecule has 2 aromatic heterocycles. The summed E-state index contributed by atoms with van der Waals surface area (Å²) >= 11 is 0. The van der Waals surface area contributed by atoms with E-state index in [-0.39, 0.29) is 22.9 Å². The Hall–Kier alpha value is -4.92. The number of nitrogen functional groups attached to an aromatic ring is 1. The van der Waals surface area contributed by atoms with Crippen molar-refractivity contribution in [1.29, 1.82) is 0 Å². The summed E-state index contributed by atoms with van der Waals surface area (Å²) < 4.78 is 67.9. The molecule has 0 aliphatic carbocycles. The van der Waals surface area contributed by atoms with Crippen molar-refractivity contribution < 1.29 is 26.7 Å². The first-order chi connectivity index (χ1) is 21.6. The van der Waals surface area contributed by atoms with Gasteiger partial charge >= 0.3 is 0 Å². The van der Waals surface area contributed by atoms with Gasteiger partial charge in [0.15, 0.2) is 0 Å². The molecule has 1 aliphatic heterocycles. The van der Waals surface area contributed by atoms with Crippen LogP contribution in [0.15, 0.2) is 82.6 Å². The molecule has 45 heavy (non-hydrogen) atoms. The summed E-state index contributed by atoms with van der Waals surface area (Å²) in [6, 6.07) is 16.0. The lowest BCUT2D eigenvalue weighted by Crippen LogP contribution is -2.35. The molecule has 0 bridgehead atoms. The second-order valence-corrected chi connectivity index (χ2v) is 12.0. The molecule has 1 saturated heterocycles. The average molecular weight is 635 g/mol. The van der Waals surface area contributed by atoms with E-state index in [2.05, 4.69) is 19.6 Å². The Labute approximate surface area is 256 Å². The monoisotopic (exact) mass is 634 g/mol. The van der Waals surface area contributed by atoms with Gasteiger partial charge in [-0.2, -0.15) is 0 Å². The van der Waals surface area contributed by atoms with Crippen molar-refractivity contribution in [1.82, 2.24) is 19.4 Å². The second kappa shape index (κ2) is 12.2. The number of pyridine rings is 1. The average Bonchev–Trinajstić information content (AvgIpc) is 3.01. The number of sulfonamides is 1. The first kappa shape index (κ1) is 30.1. The molecule has 3 heterocycles. The van der Waals surface area contributed by atoms with Crippen LogP contribution in [0.25, 0.3) is 27.7 Å². The van der Waals surface area contributed by atoms with Gasteiger partial charge in [0, 0.05) is 37.5 Å². The maximum absolute atomic E-state index is 14.3. The molecule has 1 aliphatic rings. The Morgan fingerprint density at radius 2 is 1.82 bits per heavy atom. The fourth-order valence-electron chi connectivity index (χ4n) is 5.18. The van der Waals surface area contributed by atoms with Crippen LogP contribution in [0, 0.1) is 11.6 Å². The summed E-state index contributed by atoms with van der Waals surface area (Å²) in [5, 5.41) is 0.270. The molecule has 0 amide bonds. The third-order valence-electron chi connectivity index (χ3n) is 7.38. The van der Waals surface area contributed by atoms with E-state index < -0.39 is 32.1 Å². The van der Waals surface area contributed by atoms with Crippen LogP contribution in [0.5, 0.6) is 5.88 Å². The maximum Gasteiger partial charge on any atom is 0.267 e. The Kier molecular flexibility index (Phi) is 8.18. The Morgan fingerprint density at radius 1 is 1.02 bits per heavy atom. The van der Waals surface area contributed by atoms with Crippen LogP contribution >= 0.6 is 0 Å². The van der Waals surface area contributed by atoms with E-state index in [0.29, 0.717) is 48.2 Å². The van der Waals surface area contributed by atoms with Crippen LogP contribution in [0.1, 0.15) is 5.56 Å². The number of hydrogen-bond acceptors (Lipinski definition) is 9. The molecule has 0 radical (unpaired) electrons. The van der Waals surface area contributed by atoms with Crippen molar-refractivity contribution >= 4 is 32.6 Å². The number of methoxy groups -OCH3 is 1. The minimum absolute atomic E-state index is 0.0274. The third kappa shape index (κ3) is 6.20. The number of morpholine rings is 1. The number of anilines is 2. The molecule has 3 N–H and O–H groups in total. The lowest BCUT2D eigenvalue weighted by Gasteiger charge is -2.26. The minimum atomic E-state index is -4.49. The van der Waals surface area contributed by atoms with Crippen molar-refractivity contribution in [2.75, 3.05) is 43.9 Å². The highest BCUT2D eigenvalue weighted by atomic mass is 32.2. The number of rotatable bonds is 8. The van der Waals surface area contributed by atoms with Gasteiger partial charge in [0.05, 0.1) is 36.9 Å². The highest BCUT2D eigenvalue weighted by molar-refractivity contribution is 7.92. The highest BCUT2D eigenvalue weighted by Gasteiger charge is 2.23. The van der Waals surface area contributed by atoms with Crippen molar-refractivity contribution in [3.63, 3.8) is 0 Å². The smallest absolute Gasteiger partial charge is 0.267 e. The van der Waals surface area contributed by atoms with E-state index in [0.717, 1.165) is 30.8 Å². The van der Waals surface area contributed by atoms with Gasteiger partial charge in [0.2, 0.25) is 11.8 Å². The van der Waals surface area contributed by atoms with E-state index in [9.17, 15) is 22.0 Å². The van der Waals surface area contributed by atoms with Crippen LogP contribution < -0.4 is 20.8 Å². The fourth-order valence-corrected chi connectivity index (χ4v) is 6.29. The number of halogens is 2. The number of aromatic nitrogens is 3. The summed E-state index contributed by atoms with van der Waals surface area (Å²) in [6.45, 7) is 3.68. The van der Waals surface area contributed by atoms with Crippen LogP contribution in [0.2, 0.25) is 0 Å². The second-order valence-electron chi connectivity index (χ2n) is 10.4. The molecule has 232 valence electrons. The summed E-state index contributed by atoms with van der Waals surface area (Å²) in [7, 11) is -3.19. The zero-order valence-corrected chi connectivity index (χ0v) is 24.9. The third-order valence-corrected chi connectivity index (χ3v) is 8.78. The largest absolute Gasteiger partial charge is 0.480 e. The molecule has 0 saturated carbocycles. The number of nitrogens with zero attached hydrogens (tertiary/aromatic N) is 4. The van der Waals surface area contributed by atoms with Gasteiger partial charge in [-0.25, -0.2) is 31.7 Å². The van der Waals surface area contributed by atoms with Gasteiger partial charge in [-0.05, 0) is 53.6 Å². The molecule has 1 fully saturated rings. The van der Waals surface area contributed by atoms with Crippen LogP contribution in [0.3, 0.4) is 0 Å². The molecule has 0 unspecified atom stereocenters. The summed E-state index contributed by atoms with van der Waals surface area (Å²) in [5.41, 5.74) is 8.67. The molecular formula is C31H28F2N6O5S. The first-order valence-electron chi connectivity index (χ1n) is 13.9. The van der Waals surface area contributed by atoms with Gasteiger partial charge in [0.25, 0.3) is 15.6 Å². The van der Waals surface area contributed by atoms with Crippen LogP contribution in [-0.2, 0) is 21.3 Å². The normalized spacial score (nSPS) is 14.0. The van der Waals surface area contributed by atoms with Crippen molar-refractivity contribution in [2.24, 2.45) is 0 Å². The van der Waals surface area contributed by atoms with Crippen LogP contribution in [-0.4, -0.2) is 61.3 Å². The minimum Gasteiger partial charge on any atom is -0.480 e. The maximum atomic E-state index is 14.3. The van der Waals surface area contributed by atoms with Crippen molar-refractivity contribution in [2.45, 2.75) is 11.4 Å². The zero-order valence-electron chi connectivity index (χ0n) is 24.0. The first-order valence-corrected chi connectivity index (χ1v) is 15.4. The predicted octanol–water partition coefficient (Wildman–Crippen LogP) is 3.95. The van der Waals surface area contributed by atoms with E-state index in [1.54, 1.807) is 24.3 Å². The standard InChI is InChI=1S/C31H28F2N6O5S/c1-43-29-27(37-45(41,42)28-8-6-22(32)16-25(28)33)15-21(17-35-29)20-5-7-26-24(14-20)30(40)39(31(34)36-26)23-4-2-3-19(13-23)18-38-9-11-44-12-10-38/h2-8,13-17,37H,9-12,18H2,1H3,(H2,34,36). The molecule has 6 rings (SSSR count). The Morgan fingerprint density at radius 3 is 2.58 bits per heavy atom. The Balaban J connectivity index is 1.37. The Bertz CT molecular complexity index is 2080. The molecule has 0 spiro atoms. The SMILES string of the molecule is COc1ncc(-c2ccc3nc(N)n(-c4cccc(CN5CCOCC5)c4)c(=O)c3c2)cc1NS(=O)(=O)c1ccc(F)cc1F. The highest BCUT2D eigenvalue weighted by Crippen LogP contribution is 2.32. The van der Waals surface area contributed by atoms with E-state index in [4.69, 9.17) is 15.2 Å². The summed E-state index contributed by atoms with van der Waals surface area (Å²) in [5.74, 6) is -2.23. The lowest BCUT2D eigenvalue weighted by molar-refractivity contribution is 0.0342. The van der Waals surface area contributed by atoms with Crippen molar-refractivity contribution in [3.05, 3.63) is 100 Å². The number of fused-ring (bicyclic) bond motifs is 1.